The summed E-state index contributed by atoms with van der Waals surface area (Å²) in [6.45, 7) is 4.20. The molecule has 3 N–H and O–H groups in total. The third kappa shape index (κ3) is 5.86. The minimum absolute atomic E-state index is 0.0502. The van der Waals surface area contributed by atoms with E-state index in [1.807, 2.05) is 6.92 Å². The predicted octanol–water partition coefficient (Wildman–Crippen LogP) is 0.491. The van der Waals surface area contributed by atoms with Crippen molar-refractivity contribution in [3.8, 4) is 0 Å². The summed E-state index contributed by atoms with van der Waals surface area (Å²) in [5.41, 5.74) is 0. The van der Waals surface area contributed by atoms with Gasteiger partial charge in [0.15, 0.2) is 0 Å². The molecule has 1 aliphatic heterocycles. The molecule has 0 saturated carbocycles. The number of carboxylic acids is 1. The van der Waals surface area contributed by atoms with E-state index in [1.54, 1.807) is 0 Å². The van der Waals surface area contributed by atoms with E-state index in [-0.39, 0.29) is 24.4 Å². The summed E-state index contributed by atoms with van der Waals surface area (Å²) in [6.07, 6.45) is 2.01. The van der Waals surface area contributed by atoms with Crippen LogP contribution in [0.25, 0.3) is 0 Å². The molecular formula is C12H23N3O3. The lowest BCUT2D eigenvalue weighted by Gasteiger charge is -2.29. The van der Waals surface area contributed by atoms with Gasteiger partial charge >= 0.3 is 12.0 Å². The van der Waals surface area contributed by atoms with Crippen LogP contribution in [0, 0.1) is 5.92 Å². The van der Waals surface area contributed by atoms with Gasteiger partial charge in [-0.2, -0.15) is 0 Å². The number of carboxylic acid groups (broad SMARTS) is 1. The van der Waals surface area contributed by atoms with Crippen LogP contribution >= 0.6 is 0 Å². The summed E-state index contributed by atoms with van der Waals surface area (Å²) in [4.78, 5) is 24.3. The second-order valence-corrected chi connectivity index (χ2v) is 5.13. The number of nitrogens with one attached hydrogen (secondary N) is 2. The third-order valence-electron chi connectivity index (χ3n) is 3.19. The van der Waals surface area contributed by atoms with E-state index in [4.69, 9.17) is 5.11 Å². The smallest absolute Gasteiger partial charge is 0.315 e. The van der Waals surface area contributed by atoms with Crippen molar-refractivity contribution >= 4 is 12.0 Å². The fraction of sp³-hybridized carbons (Fsp3) is 0.833. The maximum atomic E-state index is 11.6. The van der Waals surface area contributed by atoms with E-state index in [9.17, 15) is 9.59 Å². The molecule has 0 bridgehead atoms. The Morgan fingerprint density at radius 1 is 1.39 bits per heavy atom. The molecule has 2 amide bonds. The van der Waals surface area contributed by atoms with Gasteiger partial charge in [0.05, 0.1) is 0 Å². The minimum Gasteiger partial charge on any atom is -0.481 e. The van der Waals surface area contributed by atoms with E-state index >= 15 is 0 Å². The Balaban J connectivity index is 2.15. The molecule has 1 unspecified atom stereocenters. The van der Waals surface area contributed by atoms with Crippen molar-refractivity contribution in [3.63, 3.8) is 0 Å². The van der Waals surface area contributed by atoms with Gasteiger partial charge in [-0.25, -0.2) is 4.79 Å². The molecule has 18 heavy (non-hydrogen) atoms. The van der Waals surface area contributed by atoms with Gasteiger partial charge in [-0.05, 0) is 38.9 Å². The average Bonchev–Trinajstić information content (AvgIpc) is 2.29. The van der Waals surface area contributed by atoms with Crippen LogP contribution in [0.2, 0.25) is 0 Å². The summed E-state index contributed by atoms with van der Waals surface area (Å²) in [7, 11) is 2.07. The number of piperidine rings is 1. The number of aliphatic carboxylic acids is 1. The van der Waals surface area contributed by atoms with Crippen LogP contribution in [0.4, 0.5) is 4.79 Å². The predicted molar refractivity (Wildman–Crippen MR) is 68.5 cm³/mol. The van der Waals surface area contributed by atoms with E-state index in [1.165, 1.54) is 0 Å². The zero-order chi connectivity index (χ0) is 13.5. The van der Waals surface area contributed by atoms with Crippen LogP contribution in [0.15, 0.2) is 0 Å². The maximum Gasteiger partial charge on any atom is 0.315 e. The number of amides is 2. The van der Waals surface area contributed by atoms with Crippen molar-refractivity contribution in [2.45, 2.75) is 32.2 Å². The first-order valence-corrected chi connectivity index (χ1v) is 6.42. The highest BCUT2D eigenvalue weighted by Crippen LogP contribution is 2.07. The highest BCUT2D eigenvalue weighted by Gasteiger charge is 2.18. The highest BCUT2D eigenvalue weighted by molar-refractivity contribution is 5.74. The van der Waals surface area contributed by atoms with Crippen LogP contribution in [0.5, 0.6) is 0 Å². The van der Waals surface area contributed by atoms with Crippen molar-refractivity contribution < 1.29 is 14.7 Å². The van der Waals surface area contributed by atoms with Crippen molar-refractivity contribution in [1.82, 2.24) is 15.5 Å². The quantitative estimate of drug-likeness (QED) is 0.669. The first kappa shape index (κ1) is 14.8. The zero-order valence-corrected chi connectivity index (χ0v) is 11.1. The van der Waals surface area contributed by atoms with Gasteiger partial charge in [0, 0.05) is 19.0 Å². The minimum atomic E-state index is -0.833. The Morgan fingerprint density at radius 2 is 2.00 bits per heavy atom. The van der Waals surface area contributed by atoms with E-state index in [2.05, 4.69) is 22.6 Å². The first-order valence-electron chi connectivity index (χ1n) is 6.42. The monoisotopic (exact) mass is 257 g/mol. The number of hydrogen-bond donors (Lipinski definition) is 3. The lowest BCUT2D eigenvalue weighted by atomic mass is 10.1. The van der Waals surface area contributed by atoms with Crippen molar-refractivity contribution in [2.24, 2.45) is 5.92 Å². The molecule has 1 aliphatic rings. The molecule has 1 saturated heterocycles. The number of nitrogens with zero attached hydrogens (tertiary/aromatic N) is 1. The molecule has 0 aromatic carbocycles. The van der Waals surface area contributed by atoms with Crippen LogP contribution < -0.4 is 10.6 Å². The van der Waals surface area contributed by atoms with Gasteiger partial charge in [-0.15, -0.1) is 0 Å². The van der Waals surface area contributed by atoms with Crippen molar-refractivity contribution in [3.05, 3.63) is 0 Å². The molecule has 6 nitrogen and oxygen atoms in total. The number of urea groups is 1. The van der Waals surface area contributed by atoms with Crippen LogP contribution in [-0.4, -0.2) is 54.7 Å². The molecule has 0 aliphatic carbocycles. The Kier molecular flexibility index (Phi) is 5.91. The molecular weight excluding hydrogens is 234 g/mol. The standard InChI is InChI=1S/C12H23N3O3/c1-9(7-11(16)17)8-13-12(18)14-10-3-5-15(2)6-4-10/h9-10H,3-8H2,1-2H3,(H,16,17)(H2,13,14,18). The van der Waals surface area contributed by atoms with E-state index in [0.29, 0.717) is 6.54 Å². The molecule has 0 spiro atoms. The van der Waals surface area contributed by atoms with Crippen LogP contribution in [0.1, 0.15) is 26.2 Å². The second kappa shape index (κ2) is 7.20. The van der Waals surface area contributed by atoms with Crippen LogP contribution in [-0.2, 0) is 4.79 Å². The van der Waals surface area contributed by atoms with Gasteiger partial charge in [0.1, 0.15) is 0 Å². The Hall–Kier alpha value is -1.30. The molecule has 0 aromatic rings. The van der Waals surface area contributed by atoms with Gasteiger partial charge in [-0.1, -0.05) is 6.92 Å². The Labute approximate surface area is 108 Å². The number of likely N-dealkylation sites (tertiary alicyclic amines) is 1. The Bertz CT molecular complexity index is 288. The number of carbonyl (C=O) groups is 2. The normalized spacial score (nSPS) is 19.2. The van der Waals surface area contributed by atoms with Crippen molar-refractivity contribution in [1.29, 1.82) is 0 Å². The summed E-state index contributed by atoms with van der Waals surface area (Å²) in [5, 5.41) is 14.2. The lowest BCUT2D eigenvalue weighted by Crippen LogP contribution is -2.47. The SMILES string of the molecule is CC(CNC(=O)NC1CCN(C)CC1)CC(=O)O. The fourth-order valence-electron chi connectivity index (χ4n) is 2.03. The van der Waals surface area contributed by atoms with Crippen molar-refractivity contribution in [2.75, 3.05) is 26.7 Å². The molecule has 104 valence electrons. The van der Waals surface area contributed by atoms with E-state index in [0.717, 1.165) is 25.9 Å². The molecule has 1 heterocycles. The molecule has 1 fully saturated rings. The summed E-state index contributed by atoms with van der Waals surface area (Å²) >= 11 is 0. The molecule has 6 heteroatoms. The van der Waals surface area contributed by atoms with Gasteiger partial charge in [0.2, 0.25) is 0 Å². The highest BCUT2D eigenvalue weighted by atomic mass is 16.4. The zero-order valence-electron chi connectivity index (χ0n) is 11.1. The van der Waals surface area contributed by atoms with Gasteiger partial charge in [0.25, 0.3) is 0 Å². The van der Waals surface area contributed by atoms with Crippen LogP contribution in [0.3, 0.4) is 0 Å². The fourth-order valence-corrected chi connectivity index (χ4v) is 2.03. The van der Waals surface area contributed by atoms with Gasteiger partial charge < -0.3 is 20.6 Å². The maximum absolute atomic E-state index is 11.6. The molecule has 1 rings (SSSR count). The van der Waals surface area contributed by atoms with E-state index < -0.39 is 5.97 Å². The number of carbonyl (C=O) groups excluding carboxylic acids is 1. The largest absolute Gasteiger partial charge is 0.481 e. The van der Waals surface area contributed by atoms with Gasteiger partial charge in [-0.3, -0.25) is 4.79 Å². The summed E-state index contributed by atoms with van der Waals surface area (Å²) < 4.78 is 0. The Morgan fingerprint density at radius 3 is 2.56 bits per heavy atom. The molecule has 0 radical (unpaired) electrons. The molecule has 1 atom stereocenters. The topological polar surface area (TPSA) is 81.7 Å². The molecule has 0 aromatic heterocycles. The summed E-state index contributed by atoms with van der Waals surface area (Å²) in [6, 6.07) is 0.0396. The third-order valence-corrected chi connectivity index (χ3v) is 3.19. The first-order chi connectivity index (χ1) is 8.47. The number of rotatable bonds is 5. The number of hydrogen-bond acceptors (Lipinski definition) is 3. The summed E-state index contributed by atoms with van der Waals surface area (Å²) in [5.74, 6) is -0.884. The average molecular weight is 257 g/mol. The second-order valence-electron chi connectivity index (χ2n) is 5.13. The lowest BCUT2D eigenvalue weighted by molar-refractivity contribution is -0.137.